The number of nitro groups is 1. The van der Waals surface area contributed by atoms with E-state index in [-0.39, 0.29) is 24.5 Å². The Morgan fingerprint density at radius 3 is 2.50 bits per heavy atom. The molecule has 0 atom stereocenters. The van der Waals surface area contributed by atoms with Crippen molar-refractivity contribution in [2.45, 2.75) is 13.5 Å². The molecular formula is C11H12N4O5. The fourth-order valence-electron chi connectivity index (χ4n) is 1.98. The molecule has 1 aliphatic heterocycles. The highest BCUT2D eigenvalue weighted by Gasteiger charge is 2.29. The molecule has 20 heavy (non-hydrogen) atoms. The lowest BCUT2D eigenvalue weighted by molar-refractivity contribution is -0.384. The van der Waals surface area contributed by atoms with Crippen molar-refractivity contribution in [1.82, 2.24) is 14.8 Å². The molecule has 1 aromatic heterocycles. The number of imide groups is 1. The molecule has 3 amide bonds. The SMILES string of the molecule is CCn1cc([N+](=O)[O-])cc1C(=O)N1CC(=O)NC(=O)C1. The van der Waals surface area contributed by atoms with Crippen molar-refractivity contribution >= 4 is 23.4 Å². The molecule has 2 rings (SSSR count). The second-order valence-electron chi connectivity index (χ2n) is 4.26. The summed E-state index contributed by atoms with van der Waals surface area (Å²) in [6.07, 6.45) is 1.25. The average molecular weight is 280 g/mol. The van der Waals surface area contributed by atoms with E-state index >= 15 is 0 Å². The Labute approximate surface area is 113 Å². The monoisotopic (exact) mass is 280 g/mol. The molecular weight excluding hydrogens is 268 g/mol. The van der Waals surface area contributed by atoms with Crippen molar-refractivity contribution in [3.8, 4) is 0 Å². The van der Waals surface area contributed by atoms with Gasteiger partial charge in [0, 0.05) is 12.6 Å². The lowest BCUT2D eigenvalue weighted by atomic mass is 10.3. The van der Waals surface area contributed by atoms with Gasteiger partial charge >= 0.3 is 0 Å². The van der Waals surface area contributed by atoms with Crippen LogP contribution >= 0.6 is 0 Å². The number of rotatable bonds is 3. The number of carbonyl (C=O) groups excluding carboxylic acids is 3. The van der Waals surface area contributed by atoms with Crippen LogP contribution in [-0.4, -0.2) is 45.2 Å². The maximum absolute atomic E-state index is 12.3. The van der Waals surface area contributed by atoms with E-state index in [1.54, 1.807) is 6.92 Å². The summed E-state index contributed by atoms with van der Waals surface area (Å²) in [7, 11) is 0. The van der Waals surface area contributed by atoms with Crippen LogP contribution < -0.4 is 5.32 Å². The Hall–Kier alpha value is -2.71. The van der Waals surface area contributed by atoms with E-state index in [0.717, 1.165) is 11.0 Å². The van der Waals surface area contributed by atoms with E-state index < -0.39 is 22.6 Å². The maximum atomic E-state index is 12.3. The summed E-state index contributed by atoms with van der Waals surface area (Å²) < 4.78 is 1.41. The standard InChI is InChI=1S/C11H12N4O5/c1-2-13-4-7(15(19)20)3-8(13)11(18)14-5-9(16)12-10(17)6-14/h3-4H,2,5-6H2,1H3,(H,12,16,17). The van der Waals surface area contributed by atoms with Crippen LogP contribution in [0.1, 0.15) is 17.4 Å². The summed E-state index contributed by atoms with van der Waals surface area (Å²) >= 11 is 0. The summed E-state index contributed by atoms with van der Waals surface area (Å²) in [6, 6.07) is 1.14. The molecule has 1 fully saturated rings. The van der Waals surface area contributed by atoms with Gasteiger partial charge in [0.1, 0.15) is 18.8 Å². The molecule has 0 bridgehead atoms. The minimum atomic E-state index is -0.600. The Bertz CT molecular complexity index is 590. The molecule has 9 nitrogen and oxygen atoms in total. The van der Waals surface area contributed by atoms with Crippen LogP contribution in [0.15, 0.2) is 12.3 Å². The van der Waals surface area contributed by atoms with Gasteiger partial charge in [-0.25, -0.2) is 0 Å². The normalized spacial score (nSPS) is 15.2. The predicted molar refractivity (Wildman–Crippen MR) is 65.8 cm³/mol. The van der Waals surface area contributed by atoms with Crippen LogP contribution in [0.5, 0.6) is 0 Å². The molecule has 1 aromatic rings. The van der Waals surface area contributed by atoms with Crippen molar-refractivity contribution < 1.29 is 19.3 Å². The molecule has 0 aliphatic carbocycles. The van der Waals surface area contributed by atoms with Gasteiger partial charge in [-0.2, -0.15) is 0 Å². The van der Waals surface area contributed by atoms with E-state index in [1.807, 2.05) is 0 Å². The van der Waals surface area contributed by atoms with Crippen molar-refractivity contribution in [2.75, 3.05) is 13.1 Å². The number of hydrogen-bond donors (Lipinski definition) is 1. The second-order valence-corrected chi connectivity index (χ2v) is 4.26. The number of carbonyl (C=O) groups is 3. The van der Waals surface area contributed by atoms with Gasteiger partial charge in [-0.3, -0.25) is 29.8 Å². The number of hydrogen-bond acceptors (Lipinski definition) is 5. The van der Waals surface area contributed by atoms with E-state index in [2.05, 4.69) is 5.32 Å². The molecule has 1 N–H and O–H groups in total. The molecule has 2 heterocycles. The summed E-state index contributed by atoms with van der Waals surface area (Å²) in [6.45, 7) is 1.61. The van der Waals surface area contributed by atoms with Gasteiger partial charge in [-0.05, 0) is 6.92 Å². The van der Waals surface area contributed by atoms with Crippen LogP contribution in [0.2, 0.25) is 0 Å². The van der Waals surface area contributed by atoms with Crippen molar-refractivity contribution in [3.05, 3.63) is 28.1 Å². The molecule has 0 radical (unpaired) electrons. The highest BCUT2D eigenvalue weighted by Crippen LogP contribution is 2.18. The fourth-order valence-corrected chi connectivity index (χ4v) is 1.98. The first kappa shape index (κ1) is 13.7. The maximum Gasteiger partial charge on any atom is 0.287 e. The number of nitrogens with one attached hydrogen (secondary N) is 1. The van der Waals surface area contributed by atoms with E-state index in [1.165, 1.54) is 10.8 Å². The number of aryl methyl sites for hydroxylation is 1. The van der Waals surface area contributed by atoms with Gasteiger partial charge in [-0.1, -0.05) is 0 Å². The summed E-state index contributed by atoms with van der Waals surface area (Å²) in [5, 5.41) is 12.8. The van der Waals surface area contributed by atoms with Gasteiger partial charge in [0.15, 0.2) is 0 Å². The van der Waals surface area contributed by atoms with Crippen molar-refractivity contribution in [3.63, 3.8) is 0 Å². The van der Waals surface area contributed by atoms with Gasteiger partial charge in [0.25, 0.3) is 11.6 Å². The first-order valence-electron chi connectivity index (χ1n) is 5.89. The van der Waals surface area contributed by atoms with Crippen molar-refractivity contribution in [1.29, 1.82) is 0 Å². The Morgan fingerprint density at radius 1 is 1.40 bits per heavy atom. The zero-order valence-corrected chi connectivity index (χ0v) is 10.7. The van der Waals surface area contributed by atoms with Gasteiger partial charge < -0.3 is 9.47 Å². The molecule has 0 saturated carbocycles. The van der Waals surface area contributed by atoms with Crippen LogP contribution in [-0.2, 0) is 16.1 Å². The largest absolute Gasteiger partial charge is 0.337 e. The van der Waals surface area contributed by atoms with Crippen LogP contribution in [0.3, 0.4) is 0 Å². The minimum Gasteiger partial charge on any atom is -0.337 e. The number of piperazine rings is 1. The lowest BCUT2D eigenvalue weighted by Crippen LogP contribution is -2.53. The van der Waals surface area contributed by atoms with Gasteiger partial charge in [0.2, 0.25) is 11.8 Å². The van der Waals surface area contributed by atoms with Crippen molar-refractivity contribution in [2.24, 2.45) is 0 Å². The zero-order valence-electron chi connectivity index (χ0n) is 10.7. The van der Waals surface area contributed by atoms with E-state index in [9.17, 15) is 24.5 Å². The number of nitrogens with zero attached hydrogens (tertiary/aromatic N) is 3. The summed E-state index contributed by atoms with van der Waals surface area (Å²) in [4.78, 5) is 45.9. The van der Waals surface area contributed by atoms with Gasteiger partial charge in [-0.15, -0.1) is 0 Å². The Balaban J connectivity index is 2.30. The van der Waals surface area contributed by atoms with E-state index in [4.69, 9.17) is 0 Å². The smallest absolute Gasteiger partial charge is 0.287 e. The first-order valence-corrected chi connectivity index (χ1v) is 5.89. The van der Waals surface area contributed by atoms with Gasteiger partial charge in [0.05, 0.1) is 11.1 Å². The minimum absolute atomic E-state index is 0.0849. The predicted octanol–water partition coefficient (Wildman–Crippen LogP) is -0.485. The number of aromatic nitrogens is 1. The molecule has 9 heteroatoms. The number of amides is 3. The molecule has 1 aliphatic rings. The van der Waals surface area contributed by atoms with E-state index in [0.29, 0.717) is 6.54 Å². The molecule has 0 unspecified atom stereocenters. The molecule has 0 spiro atoms. The summed E-state index contributed by atoms with van der Waals surface area (Å²) in [5.41, 5.74) is -0.121. The van der Waals surface area contributed by atoms with Crippen LogP contribution in [0.25, 0.3) is 0 Å². The Kier molecular flexibility index (Phi) is 3.51. The topological polar surface area (TPSA) is 115 Å². The first-order chi connectivity index (χ1) is 9.42. The molecule has 1 saturated heterocycles. The van der Waals surface area contributed by atoms with Crippen LogP contribution in [0, 0.1) is 10.1 Å². The quantitative estimate of drug-likeness (QED) is 0.456. The Morgan fingerprint density at radius 2 is 2.00 bits per heavy atom. The second kappa shape index (κ2) is 5.11. The third kappa shape index (κ3) is 2.51. The fraction of sp³-hybridized carbons (Fsp3) is 0.364. The average Bonchev–Trinajstić information content (AvgIpc) is 2.80. The molecule has 106 valence electrons. The highest BCUT2D eigenvalue weighted by atomic mass is 16.6. The molecule has 0 aromatic carbocycles. The van der Waals surface area contributed by atoms with Crippen LogP contribution in [0.4, 0.5) is 5.69 Å². The highest BCUT2D eigenvalue weighted by molar-refractivity contribution is 6.05. The summed E-state index contributed by atoms with van der Waals surface area (Å²) in [5.74, 6) is -1.72. The lowest BCUT2D eigenvalue weighted by Gasteiger charge is -2.25. The third-order valence-electron chi connectivity index (χ3n) is 2.89. The third-order valence-corrected chi connectivity index (χ3v) is 2.89. The zero-order chi connectivity index (χ0) is 14.9.